The molecule has 0 saturated carbocycles. The third-order valence-electron chi connectivity index (χ3n) is 3.36. The highest BCUT2D eigenvalue weighted by molar-refractivity contribution is 5.88. The quantitative estimate of drug-likeness (QED) is 0.646. The van der Waals surface area contributed by atoms with Gasteiger partial charge < -0.3 is 10.4 Å². The van der Waals surface area contributed by atoms with Crippen LogP contribution in [0.3, 0.4) is 0 Å². The van der Waals surface area contributed by atoms with Crippen LogP contribution in [0.4, 0.5) is 10.1 Å². The molecule has 0 radical (unpaired) electrons. The molecule has 0 fully saturated rings. The van der Waals surface area contributed by atoms with Crippen LogP contribution in [-0.4, -0.2) is 17.1 Å². The van der Waals surface area contributed by atoms with E-state index in [0.717, 1.165) is 12.8 Å². The van der Waals surface area contributed by atoms with Gasteiger partial charge in [-0.1, -0.05) is 39.0 Å². The summed E-state index contributed by atoms with van der Waals surface area (Å²) in [6, 6.07) is 3.96. The first-order valence-corrected chi connectivity index (χ1v) is 7.34. The topological polar surface area (TPSA) is 49.3 Å². The predicted molar refractivity (Wildman–Crippen MR) is 79.8 cm³/mol. The molecule has 0 aliphatic heterocycles. The van der Waals surface area contributed by atoms with Gasteiger partial charge in [-0.05, 0) is 31.5 Å². The molecule has 0 bridgehead atoms. The van der Waals surface area contributed by atoms with Crippen LogP contribution in [0.1, 0.15) is 62.7 Å². The minimum atomic E-state index is -1.04. The van der Waals surface area contributed by atoms with Crippen molar-refractivity contribution < 1.29 is 14.3 Å². The van der Waals surface area contributed by atoms with Gasteiger partial charge in [0.25, 0.3) is 0 Å². The Kier molecular flexibility index (Phi) is 7.05. The summed E-state index contributed by atoms with van der Waals surface area (Å²) in [5.41, 5.74) is 0.370. The second-order valence-corrected chi connectivity index (χ2v) is 5.25. The normalized spacial score (nSPS) is 12.2. The van der Waals surface area contributed by atoms with Crippen LogP contribution < -0.4 is 5.32 Å². The number of halogens is 1. The fourth-order valence-corrected chi connectivity index (χ4v) is 2.16. The molecule has 1 rings (SSSR count). The lowest BCUT2D eigenvalue weighted by Gasteiger charge is -2.16. The molecule has 0 spiro atoms. The van der Waals surface area contributed by atoms with Crippen molar-refractivity contribution in [3.63, 3.8) is 0 Å². The molecular weight excluding hydrogens is 257 g/mol. The molecule has 2 N–H and O–H groups in total. The summed E-state index contributed by atoms with van der Waals surface area (Å²) >= 11 is 0. The van der Waals surface area contributed by atoms with E-state index in [9.17, 15) is 9.18 Å². The number of unbranched alkanes of at least 4 members (excludes halogenated alkanes) is 4. The Morgan fingerprint density at radius 3 is 2.65 bits per heavy atom. The molecule has 112 valence electrons. The van der Waals surface area contributed by atoms with Crippen molar-refractivity contribution in [2.45, 2.75) is 58.4 Å². The smallest absolute Gasteiger partial charge is 0.335 e. The average molecular weight is 281 g/mol. The summed E-state index contributed by atoms with van der Waals surface area (Å²) in [6.45, 7) is 4.18. The minimum Gasteiger partial charge on any atom is -0.478 e. The van der Waals surface area contributed by atoms with Gasteiger partial charge in [-0.3, -0.25) is 0 Å². The Labute approximate surface area is 120 Å². The molecule has 0 amide bonds. The van der Waals surface area contributed by atoms with Crippen LogP contribution in [0.15, 0.2) is 18.2 Å². The van der Waals surface area contributed by atoms with Crippen LogP contribution in [0, 0.1) is 5.82 Å². The van der Waals surface area contributed by atoms with E-state index in [4.69, 9.17) is 5.11 Å². The third kappa shape index (κ3) is 5.59. The maximum absolute atomic E-state index is 13.6. The zero-order chi connectivity index (χ0) is 15.0. The van der Waals surface area contributed by atoms with Gasteiger partial charge in [-0.25, -0.2) is 9.18 Å². The highest BCUT2D eigenvalue weighted by Gasteiger charge is 2.10. The maximum atomic E-state index is 13.6. The molecule has 0 aliphatic rings. The van der Waals surface area contributed by atoms with E-state index in [-0.39, 0.29) is 17.3 Å². The highest BCUT2D eigenvalue weighted by atomic mass is 19.1. The molecule has 3 nitrogen and oxygen atoms in total. The molecule has 0 saturated heterocycles. The monoisotopic (exact) mass is 281 g/mol. The molecule has 0 heterocycles. The van der Waals surface area contributed by atoms with Gasteiger partial charge in [0.15, 0.2) is 0 Å². The van der Waals surface area contributed by atoms with Crippen LogP contribution in [0.5, 0.6) is 0 Å². The Balaban J connectivity index is 2.46. The molecule has 1 aromatic rings. The predicted octanol–water partition coefficient (Wildman–Crippen LogP) is 4.68. The number of aromatic carboxylic acids is 1. The number of nitrogens with one attached hydrogen (secondary N) is 1. The number of hydrogen-bond acceptors (Lipinski definition) is 2. The summed E-state index contributed by atoms with van der Waals surface area (Å²) in [6.07, 6.45) is 6.98. The second-order valence-electron chi connectivity index (χ2n) is 5.25. The first kappa shape index (κ1) is 16.5. The van der Waals surface area contributed by atoms with Gasteiger partial charge in [0.1, 0.15) is 5.82 Å². The Hall–Kier alpha value is -1.58. The number of benzene rings is 1. The van der Waals surface area contributed by atoms with Crippen molar-refractivity contribution >= 4 is 11.7 Å². The first-order valence-electron chi connectivity index (χ1n) is 7.34. The molecule has 1 unspecified atom stereocenters. The molecular formula is C16H24FNO2. The van der Waals surface area contributed by atoms with Gasteiger partial charge in [0, 0.05) is 6.04 Å². The molecule has 0 aliphatic carbocycles. The van der Waals surface area contributed by atoms with E-state index in [1.54, 1.807) is 0 Å². The standard InChI is InChI=1S/C16H24FNO2/c1-3-4-5-6-7-8-12(2)18-15-11-13(16(19)20)9-10-14(15)17/h9-12,18H,3-8H2,1-2H3,(H,19,20). The van der Waals surface area contributed by atoms with Gasteiger partial charge in [-0.15, -0.1) is 0 Å². The van der Waals surface area contributed by atoms with Crippen molar-refractivity contribution in [1.29, 1.82) is 0 Å². The van der Waals surface area contributed by atoms with E-state index in [1.165, 1.54) is 43.9 Å². The second kappa shape index (κ2) is 8.56. The van der Waals surface area contributed by atoms with Crippen molar-refractivity contribution in [2.75, 3.05) is 5.32 Å². The molecule has 0 aromatic heterocycles. The summed E-state index contributed by atoms with van der Waals surface area (Å²) in [5, 5.41) is 12.0. The van der Waals surface area contributed by atoms with Crippen LogP contribution >= 0.6 is 0 Å². The first-order chi connectivity index (χ1) is 9.54. The summed E-state index contributed by atoms with van der Waals surface area (Å²) in [7, 11) is 0. The number of anilines is 1. The van der Waals surface area contributed by atoms with E-state index >= 15 is 0 Å². The number of hydrogen-bond donors (Lipinski definition) is 2. The lowest BCUT2D eigenvalue weighted by molar-refractivity contribution is 0.0697. The fourth-order valence-electron chi connectivity index (χ4n) is 2.16. The van der Waals surface area contributed by atoms with Crippen LogP contribution in [0.25, 0.3) is 0 Å². The largest absolute Gasteiger partial charge is 0.478 e. The van der Waals surface area contributed by atoms with Crippen LogP contribution in [0.2, 0.25) is 0 Å². The van der Waals surface area contributed by atoms with E-state index < -0.39 is 11.8 Å². The number of rotatable bonds is 9. The van der Waals surface area contributed by atoms with Crippen molar-refractivity contribution in [3.05, 3.63) is 29.6 Å². The van der Waals surface area contributed by atoms with E-state index in [2.05, 4.69) is 12.2 Å². The summed E-state index contributed by atoms with van der Waals surface area (Å²) in [5.74, 6) is -1.45. The lowest BCUT2D eigenvalue weighted by Crippen LogP contribution is -2.16. The van der Waals surface area contributed by atoms with E-state index in [1.807, 2.05) is 6.92 Å². The molecule has 20 heavy (non-hydrogen) atoms. The molecule has 1 aromatic carbocycles. The zero-order valence-corrected chi connectivity index (χ0v) is 12.3. The lowest BCUT2D eigenvalue weighted by atomic mass is 10.1. The summed E-state index contributed by atoms with van der Waals surface area (Å²) < 4.78 is 13.6. The molecule has 4 heteroatoms. The Morgan fingerprint density at radius 2 is 2.00 bits per heavy atom. The minimum absolute atomic E-state index is 0.101. The Bertz CT molecular complexity index is 434. The van der Waals surface area contributed by atoms with Gasteiger partial charge >= 0.3 is 5.97 Å². The number of carbonyl (C=O) groups is 1. The molecule has 1 atom stereocenters. The van der Waals surface area contributed by atoms with Gasteiger partial charge in [0.05, 0.1) is 11.3 Å². The number of carboxylic acids is 1. The van der Waals surface area contributed by atoms with Crippen molar-refractivity contribution in [1.82, 2.24) is 0 Å². The summed E-state index contributed by atoms with van der Waals surface area (Å²) in [4.78, 5) is 10.9. The highest BCUT2D eigenvalue weighted by Crippen LogP contribution is 2.19. The van der Waals surface area contributed by atoms with E-state index in [0.29, 0.717) is 0 Å². The fraction of sp³-hybridized carbons (Fsp3) is 0.562. The van der Waals surface area contributed by atoms with Gasteiger partial charge in [0.2, 0.25) is 0 Å². The maximum Gasteiger partial charge on any atom is 0.335 e. The Morgan fingerprint density at radius 1 is 1.30 bits per heavy atom. The zero-order valence-electron chi connectivity index (χ0n) is 12.3. The SMILES string of the molecule is CCCCCCCC(C)Nc1cc(C(=O)O)ccc1F. The average Bonchev–Trinajstić information content (AvgIpc) is 2.40. The van der Waals surface area contributed by atoms with Gasteiger partial charge in [-0.2, -0.15) is 0 Å². The van der Waals surface area contributed by atoms with Crippen molar-refractivity contribution in [3.8, 4) is 0 Å². The van der Waals surface area contributed by atoms with Crippen LogP contribution in [-0.2, 0) is 0 Å². The third-order valence-corrected chi connectivity index (χ3v) is 3.36. The number of carboxylic acid groups (broad SMARTS) is 1. The van der Waals surface area contributed by atoms with Crippen molar-refractivity contribution in [2.24, 2.45) is 0 Å².